The van der Waals surface area contributed by atoms with Gasteiger partial charge in [0, 0.05) is 54.0 Å². The van der Waals surface area contributed by atoms with E-state index in [1.165, 1.54) is 18.1 Å². The maximum Gasteiger partial charge on any atom is 0.243 e. The molecule has 0 radical (unpaired) electrons. The number of rotatable bonds is 9. The van der Waals surface area contributed by atoms with Crippen LogP contribution in [0.2, 0.25) is 0 Å². The van der Waals surface area contributed by atoms with E-state index in [9.17, 15) is 44.1 Å². The number of hydrogen-bond acceptors (Lipinski definition) is 13. The Hall–Kier alpha value is -5.71. The molecule has 2 aromatic carbocycles. The number of phenols is 2. The molecule has 16 nitrogen and oxygen atoms in total. The fourth-order valence-corrected chi connectivity index (χ4v) is 8.11. The predicted molar refractivity (Wildman–Crippen MR) is 212 cm³/mol. The molecule has 316 valence electrons. The van der Waals surface area contributed by atoms with Gasteiger partial charge in [0.1, 0.15) is 29.9 Å². The highest BCUT2D eigenvalue weighted by Crippen LogP contribution is 2.47. The lowest BCUT2D eigenvalue weighted by atomic mass is 9.75. The van der Waals surface area contributed by atoms with E-state index in [1.807, 2.05) is 20.8 Å². The van der Waals surface area contributed by atoms with Crippen LogP contribution in [0.25, 0.3) is 0 Å². The molecule has 5 atom stereocenters. The second-order valence-electron chi connectivity index (χ2n) is 14.6. The highest BCUT2D eigenvalue weighted by Gasteiger charge is 2.41. The number of amides is 3. The Bertz CT molecular complexity index is 2060. The van der Waals surface area contributed by atoms with Gasteiger partial charge in [0.15, 0.2) is 17.9 Å². The summed E-state index contributed by atoms with van der Waals surface area (Å²) in [6.45, 7) is 5.58. The maximum atomic E-state index is 13.1. The van der Waals surface area contributed by atoms with Crippen molar-refractivity contribution in [3.8, 4) is 17.2 Å². The monoisotopic (exact) mass is 816 g/mol. The molecule has 1 aromatic heterocycles. The van der Waals surface area contributed by atoms with Gasteiger partial charge in [-0.15, -0.1) is 0 Å². The molecule has 0 bridgehead atoms. The SMILES string of the molecule is CC.CC1CC(NC(=O)C2CCCN2C(=O)CNC(=O)Cc2cccnc2)CC(O)O1.COc1cccc2c1C(=O)c1c(O)c3c(c(O)c1C2=O)CC(C(=O)CO)CC3. The topological polar surface area (TPSA) is 242 Å². The number of Topliss-reactive ketones (excluding diaryl/α,β-unsaturated/α-hetero) is 1. The summed E-state index contributed by atoms with van der Waals surface area (Å²) in [5.41, 5.74) is 1.07. The average molecular weight is 817 g/mol. The van der Waals surface area contributed by atoms with Gasteiger partial charge in [0.25, 0.3) is 0 Å². The van der Waals surface area contributed by atoms with Gasteiger partial charge >= 0.3 is 0 Å². The molecule has 3 heterocycles. The van der Waals surface area contributed by atoms with E-state index in [0.29, 0.717) is 37.8 Å². The molecule has 4 aliphatic rings. The summed E-state index contributed by atoms with van der Waals surface area (Å²) in [7, 11) is 1.38. The van der Waals surface area contributed by atoms with Crippen molar-refractivity contribution in [1.82, 2.24) is 20.5 Å². The van der Waals surface area contributed by atoms with Crippen LogP contribution >= 0.6 is 0 Å². The summed E-state index contributed by atoms with van der Waals surface area (Å²) in [6.07, 6.45) is 5.35. The van der Waals surface area contributed by atoms with Crippen LogP contribution in [0.5, 0.6) is 17.2 Å². The second-order valence-corrected chi connectivity index (χ2v) is 14.6. The van der Waals surface area contributed by atoms with Crippen molar-refractivity contribution in [2.24, 2.45) is 5.92 Å². The summed E-state index contributed by atoms with van der Waals surface area (Å²) in [4.78, 5) is 80.9. The van der Waals surface area contributed by atoms with Crippen molar-refractivity contribution in [2.45, 2.75) is 96.6 Å². The number of likely N-dealkylation sites (tertiary alicyclic amines) is 1. The highest BCUT2D eigenvalue weighted by atomic mass is 16.6. The Kier molecular flexibility index (Phi) is 14.9. The summed E-state index contributed by atoms with van der Waals surface area (Å²) < 4.78 is 10.5. The highest BCUT2D eigenvalue weighted by molar-refractivity contribution is 6.31. The zero-order valence-corrected chi connectivity index (χ0v) is 33.7. The van der Waals surface area contributed by atoms with Crippen LogP contribution in [-0.2, 0) is 43.2 Å². The van der Waals surface area contributed by atoms with Crippen LogP contribution in [0.4, 0.5) is 0 Å². The number of aromatic nitrogens is 1. The van der Waals surface area contributed by atoms with Gasteiger partial charge in [0.2, 0.25) is 23.5 Å². The van der Waals surface area contributed by atoms with Crippen LogP contribution in [0.15, 0.2) is 42.7 Å². The number of nitrogens with one attached hydrogen (secondary N) is 2. The van der Waals surface area contributed by atoms with Crippen LogP contribution in [0.1, 0.15) is 101 Å². The summed E-state index contributed by atoms with van der Waals surface area (Å²) in [6, 6.07) is 7.40. The van der Waals surface area contributed by atoms with Gasteiger partial charge in [-0.1, -0.05) is 32.0 Å². The van der Waals surface area contributed by atoms with Crippen LogP contribution < -0.4 is 15.4 Å². The molecule has 0 spiro atoms. The minimum Gasteiger partial charge on any atom is -0.507 e. The normalized spacial score (nSPS) is 21.6. The van der Waals surface area contributed by atoms with E-state index >= 15 is 0 Å². The number of aliphatic hydroxyl groups is 2. The molecule has 7 rings (SSSR count). The number of hydrogen-bond donors (Lipinski definition) is 6. The third-order valence-corrected chi connectivity index (χ3v) is 10.9. The molecule has 0 saturated carbocycles. The Balaban J connectivity index is 0.000000215. The number of fused-ring (bicyclic) bond motifs is 3. The molecule has 2 fully saturated rings. The number of methoxy groups -OCH3 is 1. The lowest BCUT2D eigenvalue weighted by molar-refractivity contribution is -0.166. The fraction of sp³-hybridized carbons (Fsp3) is 0.465. The number of carbonyl (C=O) groups is 6. The van der Waals surface area contributed by atoms with E-state index in [-0.39, 0.29) is 107 Å². The molecule has 2 aliphatic heterocycles. The number of nitrogens with zero attached hydrogens (tertiary/aromatic N) is 2. The smallest absolute Gasteiger partial charge is 0.243 e. The number of ketones is 3. The van der Waals surface area contributed by atoms with E-state index in [1.54, 1.807) is 36.7 Å². The first-order chi connectivity index (χ1) is 28.3. The molecule has 6 N–H and O–H groups in total. The van der Waals surface area contributed by atoms with Crippen LogP contribution in [0.3, 0.4) is 0 Å². The van der Waals surface area contributed by atoms with Gasteiger partial charge in [-0.05, 0) is 63.1 Å². The van der Waals surface area contributed by atoms with Gasteiger partial charge in [-0.25, -0.2) is 0 Å². The lowest BCUT2D eigenvalue weighted by Gasteiger charge is -2.33. The summed E-state index contributed by atoms with van der Waals surface area (Å²) in [5, 5.41) is 46.0. The van der Waals surface area contributed by atoms with E-state index in [2.05, 4.69) is 15.6 Å². The third-order valence-electron chi connectivity index (χ3n) is 10.9. The Morgan fingerprint density at radius 2 is 1.69 bits per heavy atom. The zero-order valence-electron chi connectivity index (χ0n) is 33.7. The van der Waals surface area contributed by atoms with Crippen molar-refractivity contribution in [3.05, 3.63) is 81.7 Å². The number of benzene rings is 2. The van der Waals surface area contributed by atoms with Gasteiger partial charge < -0.3 is 45.4 Å². The number of aromatic hydroxyl groups is 2. The predicted octanol–water partition coefficient (Wildman–Crippen LogP) is 2.31. The first kappa shape index (κ1) is 44.4. The van der Waals surface area contributed by atoms with E-state index in [0.717, 1.165) is 12.0 Å². The Morgan fingerprint density at radius 1 is 0.966 bits per heavy atom. The maximum absolute atomic E-state index is 13.1. The van der Waals surface area contributed by atoms with Gasteiger partial charge in [-0.3, -0.25) is 33.8 Å². The number of aliphatic hydroxyl groups excluding tert-OH is 2. The molecule has 2 saturated heterocycles. The fourth-order valence-electron chi connectivity index (χ4n) is 8.11. The van der Waals surface area contributed by atoms with Crippen molar-refractivity contribution in [3.63, 3.8) is 0 Å². The largest absolute Gasteiger partial charge is 0.507 e. The first-order valence-corrected chi connectivity index (χ1v) is 19.9. The van der Waals surface area contributed by atoms with Crippen LogP contribution in [-0.4, -0.2) is 117 Å². The van der Waals surface area contributed by atoms with Gasteiger partial charge in [0.05, 0.1) is 42.9 Å². The minimum absolute atomic E-state index is 0.0568. The van der Waals surface area contributed by atoms with Crippen molar-refractivity contribution < 1.29 is 58.7 Å². The number of phenolic OH excluding ortho intramolecular Hbond substituents is 2. The lowest BCUT2D eigenvalue weighted by Crippen LogP contribution is -2.53. The molecule has 59 heavy (non-hydrogen) atoms. The standard InChI is InChI=1S/C21H18O7.C20H28N4O5.C2H6/c1-28-14-4-2-3-11-15(14)21(27)17-16(19(11)25)20(26)12-7-9(13(23)8-22)5-6-10(12)18(17)24;1-13-8-15(10-19(27)29-13)23-20(28)16-5-3-7-24(16)18(26)12-22-17(25)9-14-4-2-6-21-11-14;1-2/h2-4,9,22,24,26H,5-8H2,1H3;2,4,6,11,13,15-16,19,27H,3,5,7-10,12H2,1H3,(H,22,25)(H,23,28);1-2H3. The zero-order chi connectivity index (χ0) is 43.0. The molecular formula is C43H52N4O12. The molecule has 3 aromatic rings. The number of ether oxygens (including phenoxy) is 2. The first-order valence-electron chi connectivity index (χ1n) is 19.9. The Morgan fingerprint density at radius 3 is 2.37 bits per heavy atom. The van der Waals surface area contributed by atoms with E-state index < -0.39 is 36.4 Å². The molecular weight excluding hydrogens is 764 g/mol. The minimum atomic E-state index is -0.889. The summed E-state index contributed by atoms with van der Waals surface area (Å²) in [5.74, 6) is -3.32. The van der Waals surface area contributed by atoms with E-state index in [4.69, 9.17) is 14.6 Å². The van der Waals surface area contributed by atoms with Crippen molar-refractivity contribution in [2.75, 3.05) is 26.8 Å². The van der Waals surface area contributed by atoms with Crippen LogP contribution in [0, 0.1) is 5.92 Å². The van der Waals surface area contributed by atoms with Crippen molar-refractivity contribution >= 4 is 35.1 Å². The molecule has 3 amide bonds. The molecule has 5 unspecified atom stereocenters. The quantitative estimate of drug-likeness (QED) is 0.133. The number of pyridine rings is 1. The molecule has 16 heteroatoms. The van der Waals surface area contributed by atoms with Crippen molar-refractivity contribution in [1.29, 1.82) is 0 Å². The summed E-state index contributed by atoms with van der Waals surface area (Å²) >= 11 is 0. The third kappa shape index (κ3) is 9.78. The number of carbonyl (C=O) groups excluding carboxylic acids is 6. The Labute approximate surface area is 341 Å². The molecule has 2 aliphatic carbocycles. The van der Waals surface area contributed by atoms with Gasteiger partial charge in [-0.2, -0.15) is 0 Å². The average Bonchev–Trinajstić information content (AvgIpc) is 3.74. The second kappa shape index (κ2) is 19.8.